The van der Waals surface area contributed by atoms with Gasteiger partial charge in [-0.15, -0.1) is 0 Å². The molecule has 122 valence electrons. The molecule has 1 heterocycles. The van der Waals surface area contributed by atoms with Crippen LogP contribution in [-0.2, 0) is 11.2 Å². The first-order valence-corrected chi connectivity index (χ1v) is 7.51. The molecule has 1 aromatic rings. The van der Waals surface area contributed by atoms with Gasteiger partial charge in [-0.05, 0) is 32.6 Å². The summed E-state index contributed by atoms with van der Waals surface area (Å²) in [5.41, 5.74) is 0.791. The Morgan fingerprint density at radius 2 is 2.09 bits per heavy atom. The summed E-state index contributed by atoms with van der Waals surface area (Å²) in [5, 5.41) is 2.64. The fraction of sp³-hybridized carbons (Fsp3) is 0.667. The first-order chi connectivity index (χ1) is 10.3. The van der Waals surface area contributed by atoms with Crippen LogP contribution in [0, 0.1) is 18.8 Å². The van der Waals surface area contributed by atoms with Gasteiger partial charge < -0.3 is 5.32 Å². The highest BCUT2D eigenvalue weighted by Gasteiger charge is 2.43. The van der Waals surface area contributed by atoms with Gasteiger partial charge in [-0.3, -0.25) is 4.79 Å². The molecule has 1 saturated carbocycles. The molecule has 0 saturated heterocycles. The third-order valence-electron chi connectivity index (χ3n) is 4.01. The van der Waals surface area contributed by atoms with E-state index in [2.05, 4.69) is 15.3 Å². The summed E-state index contributed by atoms with van der Waals surface area (Å²) in [6.07, 6.45) is -2.64. The van der Waals surface area contributed by atoms with E-state index >= 15 is 0 Å². The second-order valence-electron chi connectivity index (χ2n) is 5.74. The van der Waals surface area contributed by atoms with Crippen LogP contribution in [0.15, 0.2) is 6.07 Å². The van der Waals surface area contributed by atoms with Crippen LogP contribution in [-0.4, -0.2) is 22.1 Å². The van der Waals surface area contributed by atoms with Crippen molar-refractivity contribution in [1.29, 1.82) is 0 Å². The number of nitrogens with zero attached hydrogens (tertiary/aromatic N) is 2. The van der Waals surface area contributed by atoms with E-state index < -0.39 is 18.0 Å². The number of halogens is 3. The number of carbonyl (C=O) groups excluding carboxylic acids is 1. The minimum absolute atomic E-state index is 0.111. The lowest BCUT2D eigenvalue weighted by atomic mass is 9.80. The zero-order chi connectivity index (χ0) is 16.3. The predicted octanol–water partition coefficient (Wildman–Crippen LogP) is 3.65. The average molecular weight is 315 g/mol. The highest BCUT2D eigenvalue weighted by Crippen LogP contribution is 2.40. The van der Waals surface area contributed by atoms with E-state index in [0.29, 0.717) is 30.9 Å². The first kappa shape index (κ1) is 16.7. The average Bonchev–Trinajstić information content (AvgIpc) is 2.45. The summed E-state index contributed by atoms with van der Waals surface area (Å²) in [6, 6.07) is 1.66. The molecule has 1 amide bonds. The topological polar surface area (TPSA) is 54.9 Å². The Balaban J connectivity index is 2.04. The van der Waals surface area contributed by atoms with Crippen LogP contribution in [0.3, 0.4) is 0 Å². The van der Waals surface area contributed by atoms with E-state index in [4.69, 9.17) is 0 Å². The molecule has 0 bridgehead atoms. The Morgan fingerprint density at radius 3 is 2.73 bits per heavy atom. The number of aryl methyl sites for hydroxylation is 2. The Hall–Kier alpha value is -1.66. The minimum atomic E-state index is -4.22. The molecule has 1 N–H and O–H groups in total. The van der Waals surface area contributed by atoms with Gasteiger partial charge in [-0.25, -0.2) is 9.97 Å². The van der Waals surface area contributed by atoms with Gasteiger partial charge in [0.15, 0.2) is 0 Å². The molecular formula is C15H20F3N3O. The SMILES string of the molecule is CCc1cc(NC(=O)[C@H]2CCC[C@@H](C(F)(F)F)C2)nc(C)n1. The van der Waals surface area contributed by atoms with Gasteiger partial charge in [0.05, 0.1) is 5.92 Å². The van der Waals surface area contributed by atoms with Gasteiger partial charge in [0.1, 0.15) is 11.6 Å². The molecule has 7 heteroatoms. The molecule has 1 aromatic heterocycles. The van der Waals surface area contributed by atoms with Crippen molar-refractivity contribution in [2.45, 2.75) is 52.1 Å². The summed E-state index contributed by atoms with van der Waals surface area (Å²) < 4.78 is 38.4. The lowest BCUT2D eigenvalue weighted by Crippen LogP contribution is -2.34. The van der Waals surface area contributed by atoms with Crippen molar-refractivity contribution in [3.63, 3.8) is 0 Å². The molecule has 1 aliphatic carbocycles. The molecule has 0 aliphatic heterocycles. The normalized spacial score (nSPS) is 22.4. The predicted molar refractivity (Wildman–Crippen MR) is 76.3 cm³/mol. The largest absolute Gasteiger partial charge is 0.391 e. The van der Waals surface area contributed by atoms with E-state index in [1.165, 1.54) is 0 Å². The number of aromatic nitrogens is 2. The second-order valence-corrected chi connectivity index (χ2v) is 5.74. The second kappa shape index (κ2) is 6.62. The van der Waals surface area contributed by atoms with Crippen molar-refractivity contribution in [2.75, 3.05) is 5.32 Å². The van der Waals surface area contributed by atoms with Gasteiger partial charge in [0.25, 0.3) is 0 Å². The Labute approximate surface area is 127 Å². The highest BCUT2D eigenvalue weighted by molar-refractivity contribution is 5.91. The zero-order valence-electron chi connectivity index (χ0n) is 12.7. The van der Waals surface area contributed by atoms with Crippen LogP contribution >= 0.6 is 0 Å². The molecule has 4 nitrogen and oxygen atoms in total. The number of amides is 1. The van der Waals surface area contributed by atoms with E-state index in [9.17, 15) is 18.0 Å². The molecule has 0 spiro atoms. The number of anilines is 1. The minimum Gasteiger partial charge on any atom is -0.310 e. The smallest absolute Gasteiger partial charge is 0.310 e. The number of carbonyl (C=O) groups is 1. The number of nitrogens with one attached hydrogen (secondary N) is 1. The monoisotopic (exact) mass is 315 g/mol. The molecule has 0 radical (unpaired) electrons. The number of hydrogen-bond acceptors (Lipinski definition) is 3. The van der Waals surface area contributed by atoms with Crippen LogP contribution in [0.4, 0.5) is 19.0 Å². The summed E-state index contributed by atoms with van der Waals surface area (Å²) in [5.74, 6) is -1.47. The van der Waals surface area contributed by atoms with Crippen molar-refractivity contribution >= 4 is 11.7 Å². The number of alkyl halides is 3. The Morgan fingerprint density at radius 1 is 1.36 bits per heavy atom. The first-order valence-electron chi connectivity index (χ1n) is 7.51. The molecule has 0 unspecified atom stereocenters. The quantitative estimate of drug-likeness (QED) is 0.926. The fourth-order valence-electron chi connectivity index (χ4n) is 2.83. The lowest BCUT2D eigenvalue weighted by molar-refractivity contribution is -0.185. The summed E-state index contributed by atoms with van der Waals surface area (Å²) in [6.45, 7) is 3.65. The molecule has 1 fully saturated rings. The summed E-state index contributed by atoms with van der Waals surface area (Å²) in [7, 11) is 0. The highest BCUT2D eigenvalue weighted by atomic mass is 19.4. The van der Waals surface area contributed by atoms with Crippen LogP contribution in [0.2, 0.25) is 0 Å². The maximum absolute atomic E-state index is 12.8. The fourth-order valence-corrected chi connectivity index (χ4v) is 2.83. The number of hydrogen-bond donors (Lipinski definition) is 1. The summed E-state index contributed by atoms with van der Waals surface area (Å²) >= 11 is 0. The van der Waals surface area contributed by atoms with Gasteiger partial charge in [0.2, 0.25) is 5.91 Å². The van der Waals surface area contributed by atoms with Crippen molar-refractivity contribution in [2.24, 2.45) is 11.8 Å². The van der Waals surface area contributed by atoms with Crippen LogP contribution in [0.5, 0.6) is 0 Å². The van der Waals surface area contributed by atoms with Gasteiger partial charge in [0, 0.05) is 17.7 Å². The standard InChI is InChI=1S/C15H20F3N3O/c1-3-12-8-13(20-9(2)19-12)21-14(22)10-5-4-6-11(7-10)15(16,17)18/h8,10-11H,3-7H2,1-2H3,(H,19,20,21,22)/t10-,11+/m0/s1. The number of rotatable bonds is 3. The third kappa shape index (κ3) is 4.18. The van der Waals surface area contributed by atoms with Crippen LogP contribution in [0.25, 0.3) is 0 Å². The maximum Gasteiger partial charge on any atom is 0.391 e. The lowest BCUT2D eigenvalue weighted by Gasteiger charge is -2.29. The Kier molecular flexibility index (Phi) is 5.03. The van der Waals surface area contributed by atoms with E-state index in [1.807, 2.05) is 6.92 Å². The van der Waals surface area contributed by atoms with E-state index in [0.717, 1.165) is 5.69 Å². The van der Waals surface area contributed by atoms with Gasteiger partial charge in [-0.2, -0.15) is 13.2 Å². The van der Waals surface area contributed by atoms with Gasteiger partial charge in [-0.1, -0.05) is 13.3 Å². The van der Waals surface area contributed by atoms with Crippen LogP contribution < -0.4 is 5.32 Å². The molecule has 2 rings (SSSR count). The van der Waals surface area contributed by atoms with Crippen molar-refractivity contribution < 1.29 is 18.0 Å². The zero-order valence-corrected chi connectivity index (χ0v) is 12.7. The third-order valence-corrected chi connectivity index (χ3v) is 4.01. The molecule has 2 atom stereocenters. The summed E-state index contributed by atoms with van der Waals surface area (Å²) in [4.78, 5) is 20.5. The van der Waals surface area contributed by atoms with E-state index in [-0.39, 0.29) is 18.7 Å². The van der Waals surface area contributed by atoms with Crippen molar-refractivity contribution in [1.82, 2.24) is 9.97 Å². The van der Waals surface area contributed by atoms with Crippen molar-refractivity contribution in [3.8, 4) is 0 Å². The Bertz CT molecular complexity index is 545. The molecular weight excluding hydrogens is 295 g/mol. The molecule has 1 aliphatic rings. The van der Waals surface area contributed by atoms with Crippen LogP contribution in [0.1, 0.15) is 44.1 Å². The molecule has 0 aromatic carbocycles. The van der Waals surface area contributed by atoms with Gasteiger partial charge >= 0.3 is 6.18 Å². The molecule has 22 heavy (non-hydrogen) atoms. The maximum atomic E-state index is 12.8. The van der Waals surface area contributed by atoms with E-state index in [1.54, 1.807) is 13.0 Å². The van der Waals surface area contributed by atoms with Crippen molar-refractivity contribution in [3.05, 3.63) is 17.6 Å².